The van der Waals surface area contributed by atoms with Crippen LogP contribution >= 0.6 is 11.3 Å². The van der Waals surface area contributed by atoms with Crippen LogP contribution in [0.1, 0.15) is 40.7 Å². The molecule has 0 saturated carbocycles. The van der Waals surface area contributed by atoms with Crippen LogP contribution in [-0.4, -0.2) is 39.0 Å². The van der Waals surface area contributed by atoms with E-state index in [1.165, 1.54) is 22.5 Å². The van der Waals surface area contributed by atoms with Crippen molar-refractivity contribution in [1.29, 1.82) is 5.26 Å². The first-order valence-corrected chi connectivity index (χ1v) is 12.7. The van der Waals surface area contributed by atoms with Gasteiger partial charge < -0.3 is 10.1 Å². The molecule has 178 valence electrons. The number of piperidine rings is 1. The average Bonchev–Trinajstić information content (AvgIpc) is 3.33. The Hall–Kier alpha value is -3.54. The fraction of sp³-hybridized carbons (Fsp3) is 0.333. The number of rotatable bonds is 6. The molecule has 5 rings (SSSR count). The summed E-state index contributed by atoms with van der Waals surface area (Å²) in [5, 5.41) is 12.8. The number of anilines is 1. The molecule has 1 fully saturated rings. The minimum absolute atomic E-state index is 0.298. The predicted molar refractivity (Wildman–Crippen MR) is 139 cm³/mol. The summed E-state index contributed by atoms with van der Waals surface area (Å²) in [5.41, 5.74) is 7.45. The number of aryl methyl sites for hydroxylation is 3. The van der Waals surface area contributed by atoms with Gasteiger partial charge in [0.15, 0.2) is 5.65 Å². The number of hydrogen-bond donors (Lipinski definition) is 1. The second kappa shape index (κ2) is 9.98. The Bertz CT molecular complexity index is 1360. The molecule has 1 N–H and O–H groups in total. The van der Waals surface area contributed by atoms with E-state index in [0.29, 0.717) is 34.8 Å². The Kier molecular flexibility index (Phi) is 6.62. The lowest BCUT2D eigenvalue weighted by Crippen LogP contribution is -2.39. The number of nitriles is 1. The zero-order valence-corrected chi connectivity index (χ0v) is 21.0. The largest absolute Gasteiger partial charge is 0.437 e. The molecule has 0 aliphatic carbocycles. The lowest BCUT2D eigenvalue weighted by Gasteiger charge is -2.32. The molecule has 0 amide bonds. The molecule has 7 nitrogen and oxygen atoms in total. The van der Waals surface area contributed by atoms with Crippen molar-refractivity contribution in [3.05, 3.63) is 69.7 Å². The smallest absolute Gasteiger partial charge is 0.243 e. The van der Waals surface area contributed by atoms with Crippen LogP contribution in [0.15, 0.2) is 41.9 Å². The molecule has 0 bridgehead atoms. The molecular formula is C27H28N6OS. The van der Waals surface area contributed by atoms with Gasteiger partial charge in [-0.25, -0.2) is 4.98 Å². The van der Waals surface area contributed by atoms with Crippen LogP contribution in [0, 0.1) is 32.1 Å². The van der Waals surface area contributed by atoms with Crippen molar-refractivity contribution in [2.24, 2.45) is 0 Å². The highest BCUT2D eigenvalue weighted by Gasteiger charge is 2.22. The summed E-state index contributed by atoms with van der Waals surface area (Å²) in [6.45, 7) is 9.04. The maximum Gasteiger partial charge on any atom is 0.243 e. The minimum atomic E-state index is 0.298. The van der Waals surface area contributed by atoms with Crippen LogP contribution in [0.5, 0.6) is 11.6 Å². The SMILES string of the molecule is Cc1ccc(CN2CCC(Nc3nc(Oc4c(C)cc(C#N)cc4C)c4scnc4n3)CC2)cc1. The van der Waals surface area contributed by atoms with Gasteiger partial charge >= 0.3 is 0 Å². The molecule has 35 heavy (non-hydrogen) atoms. The van der Waals surface area contributed by atoms with E-state index in [-0.39, 0.29) is 0 Å². The van der Waals surface area contributed by atoms with Gasteiger partial charge in [-0.2, -0.15) is 15.2 Å². The molecule has 4 aromatic rings. The van der Waals surface area contributed by atoms with E-state index in [9.17, 15) is 5.26 Å². The standard InChI is InChI=1S/C27H28N6OS/c1-17-4-6-20(7-5-17)15-33-10-8-22(9-11-33)30-27-31-25-24(35-16-29-25)26(32-27)34-23-18(2)12-21(14-28)13-19(23)3/h4-7,12-13,16,22H,8-11,15H2,1-3H3,(H,30,31,32). The van der Waals surface area contributed by atoms with Crippen molar-refractivity contribution in [3.63, 3.8) is 0 Å². The van der Waals surface area contributed by atoms with E-state index in [1.54, 1.807) is 5.51 Å². The number of aromatic nitrogens is 3. The van der Waals surface area contributed by atoms with E-state index in [2.05, 4.69) is 57.4 Å². The van der Waals surface area contributed by atoms with Crippen molar-refractivity contribution in [1.82, 2.24) is 19.9 Å². The summed E-state index contributed by atoms with van der Waals surface area (Å²) in [4.78, 5) is 16.3. The molecule has 2 aromatic carbocycles. The number of hydrogen-bond acceptors (Lipinski definition) is 8. The first-order chi connectivity index (χ1) is 17.0. The molecule has 0 radical (unpaired) electrons. The third-order valence-corrected chi connectivity index (χ3v) is 7.20. The normalized spacial score (nSPS) is 14.7. The maximum absolute atomic E-state index is 9.24. The average molecular weight is 485 g/mol. The van der Waals surface area contributed by atoms with Crippen molar-refractivity contribution in [3.8, 4) is 17.7 Å². The minimum Gasteiger partial charge on any atom is -0.437 e. The molecule has 2 aromatic heterocycles. The molecular weight excluding hydrogens is 456 g/mol. The maximum atomic E-state index is 9.24. The van der Waals surface area contributed by atoms with E-state index < -0.39 is 0 Å². The Morgan fingerprint density at radius 2 is 1.80 bits per heavy atom. The monoisotopic (exact) mass is 484 g/mol. The van der Waals surface area contributed by atoms with Crippen molar-refractivity contribution < 1.29 is 4.74 Å². The van der Waals surface area contributed by atoms with Gasteiger partial charge in [0.05, 0.1) is 17.1 Å². The fourth-order valence-electron chi connectivity index (χ4n) is 4.51. The third-order valence-electron chi connectivity index (χ3n) is 6.40. The van der Waals surface area contributed by atoms with E-state index in [0.717, 1.165) is 48.3 Å². The van der Waals surface area contributed by atoms with Gasteiger partial charge in [-0.15, -0.1) is 11.3 Å². The Labute approximate surface area is 209 Å². The summed E-state index contributed by atoms with van der Waals surface area (Å²) in [6.07, 6.45) is 2.04. The van der Waals surface area contributed by atoms with E-state index in [4.69, 9.17) is 9.72 Å². The highest BCUT2D eigenvalue weighted by atomic mass is 32.1. The van der Waals surface area contributed by atoms with Crippen LogP contribution in [0.2, 0.25) is 0 Å². The summed E-state index contributed by atoms with van der Waals surface area (Å²) >= 11 is 1.46. The van der Waals surface area contributed by atoms with E-state index in [1.807, 2.05) is 26.0 Å². The predicted octanol–water partition coefficient (Wildman–Crippen LogP) is 5.75. The zero-order chi connectivity index (χ0) is 24.4. The Morgan fingerprint density at radius 1 is 1.09 bits per heavy atom. The number of nitrogens with zero attached hydrogens (tertiary/aromatic N) is 5. The Morgan fingerprint density at radius 3 is 2.49 bits per heavy atom. The molecule has 0 spiro atoms. The first-order valence-electron chi connectivity index (χ1n) is 11.8. The fourth-order valence-corrected chi connectivity index (χ4v) is 5.16. The van der Waals surface area contributed by atoms with Crippen LogP contribution in [0.25, 0.3) is 10.3 Å². The zero-order valence-electron chi connectivity index (χ0n) is 20.2. The number of fused-ring (bicyclic) bond motifs is 1. The highest BCUT2D eigenvalue weighted by molar-refractivity contribution is 7.17. The summed E-state index contributed by atoms with van der Waals surface area (Å²) in [6, 6.07) is 14.9. The number of likely N-dealkylation sites (tertiary alicyclic amines) is 1. The molecule has 1 aliphatic heterocycles. The topological polar surface area (TPSA) is 87.0 Å². The Balaban J connectivity index is 1.29. The summed E-state index contributed by atoms with van der Waals surface area (Å²) in [7, 11) is 0. The van der Waals surface area contributed by atoms with Gasteiger partial charge in [0.1, 0.15) is 10.4 Å². The molecule has 0 atom stereocenters. The number of thiazole rings is 1. The second-order valence-electron chi connectivity index (χ2n) is 9.19. The van der Waals surface area contributed by atoms with Crippen LogP contribution < -0.4 is 10.1 Å². The molecule has 0 unspecified atom stereocenters. The van der Waals surface area contributed by atoms with Crippen LogP contribution in [-0.2, 0) is 6.54 Å². The van der Waals surface area contributed by atoms with Crippen LogP contribution in [0.3, 0.4) is 0 Å². The lowest BCUT2D eigenvalue weighted by atomic mass is 10.0. The van der Waals surface area contributed by atoms with Gasteiger partial charge in [-0.3, -0.25) is 4.90 Å². The van der Waals surface area contributed by atoms with E-state index >= 15 is 0 Å². The molecule has 1 aliphatic rings. The number of benzene rings is 2. The summed E-state index contributed by atoms with van der Waals surface area (Å²) < 4.78 is 7.11. The number of nitrogens with one attached hydrogen (secondary N) is 1. The van der Waals surface area contributed by atoms with Crippen LogP contribution in [0.4, 0.5) is 5.95 Å². The molecule has 1 saturated heterocycles. The highest BCUT2D eigenvalue weighted by Crippen LogP contribution is 2.35. The van der Waals surface area contributed by atoms with Gasteiger partial charge in [-0.05, 0) is 62.4 Å². The van der Waals surface area contributed by atoms with Gasteiger partial charge in [0.2, 0.25) is 11.8 Å². The first kappa shape index (κ1) is 23.2. The van der Waals surface area contributed by atoms with Crippen molar-refractivity contribution in [2.45, 2.75) is 46.2 Å². The lowest BCUT2D eigenvalue weighted by molar-refractivity contribution is 0.211. The van der Waals surface area contributed by atoms with Gasteiger partial charge in [0.25, 0.3) is 0 Å². The van der Waals surface area contributed by atoms with Gasteiger partial charge in [-0.1, -0.05) is 29.8 Å². The number of ether oxygens (including phenoxy) is 1. The third kappa shape index (κ3) is 5.26. The second-order valence-corrected chi connectivity index (χ2v) is 10.0. The van der Waals surface area contributed by atoms with Crippen molar-refractivity contribution in [2.75, 3.05) is 18.4 Å². The summed E-state index contributed by atoms with van der Waals surface area (Å²) in [5.74, 6) is 1.75. The molecule has 8 heteroatoms. The molecule has 3 heterocycles. The quantitative estimate of drug-likeness (QED) is 0.373. The van der Waals surface area contributed by atoms with Gasteiger partial charge in [0, 0.05) is 25.7 Å². The van der Waals surface area contributed by atoms with Crippen molar-refractivity contribution >= 4 is 27.6 Å².